The van der Waals surface area contributed by atoms with Crippen LogP contribution in [0.15, 0.2) is 24.3 Å². The molecule has 12 unspecified atom stereocenters. The van der Waals surface area contributed by atoms with Gasteiger partial charge in [-0.15, -0.1) is 0 Å². The topological polar surface area (TPSA) is 0 Å². The van der Waals surface area contributed by atoms with E-state index < -0.39 is 0 Å². The lowest BCUT2D eigenvalue weighted by Gasteiger charge is -2.49. The first-order chi connectivity index (χ1) is 10.9. The fraction of sp³-hybridized carbons (Fsp3) is 0.818. The second kappa shape index (κ2) is 3.17. The fourth-order valence-corrected chi connectivity index (χ4v) is 10.9. The molecule has 6 saturated carbocycles. The minimum absolute atomic E-state index is 1.01. The maximum absolute atomic E-state index is 2.64. The minimum Gasteiger partial charge on any atom is -0.0848 e. The third kappa shape index (κ3) is 0.910. The van der Waals surface area contributed by atoms with Gasteiger partial charge in [-0.05, 0) is 109 Å². The van der Waals surface area contributed by atoms with Gasteiger partial charge in [0, 0.05) is 0 Å². The van der Waals surface area contributed by atoms with E-state index in [0.29, 0.717) is 0 Å². The van der Waals surface area contributed by atoms with Crippen LogP contribution < -0.4 is 0 Å². The molecule has 8 aliphatic rings. The Labute approximate surface area is 133 Å². The molecule has 0 aromatic heterocycles. The monoisotopic (exact) mass is 290 g/mol. The molecule has 0 amide bonds. The first-order valence-electron chi connectivity index (χ1n) is 10.3. The molecule has 0 nitrogen and oxygen atoms in total. The van der Waals surface area contributed by atoms with Crippen molar-refractivity contribution in [1.82, 2.24) is 0 Å². The summed E-state index contributed by atoms with van der Waals surface area (Å²) in [6.45, 7) is 0. The van der Waals surface area contributed by atoms with Crippen LogP contribution in [-0.4, -0.2) is 0 Å². The third-order valence-electron chi connectivity index (χ3n) is 10.7. The molecule has 0 aromatic rings. The molecule has 0 radical (unpaired) electrons. The second-order valence-electron chi connectivity index (χ2n) is 10.5. The van der Waals surface area contributed by atoms with E-state index in [-0.39, 0.29) is 0 Å². The third-order valence-corrected chi connectivity index (χ3v) is 10.7. The highest BCUT2D eigenvalue weighted by molar-refractivity contribution is 5.29. The standard InChI is InChI=1S/C22H26/c1-2-10-5-9(1)17-13-7-14(18(10)17)22-16-8-15(21(13)22)19-11-3-4-12(6-11)20(16)19/h1-4,9-22H,5-8H2. The van der Waals surface area contributed by atoms with Gasteiger partial charge in [-0.3, -0.25) is 0 Å². The predicted octanol–water partition coefficient (Wildman–Crippen LogP) is 4.39. The molecule has 0 heterocycles. The smallest absolute Gasteiger partial charge is 0.0194 e. The van der Waals surface area contributed by atoms with Gasteiger partial charge in [0.2, 0.25) is 0 Å². The van der Waals surface area contributed by atoms with Gasteiger partial charge in [-0.1, -0.05) is 24.3 Å². The highest BCUT2D eigenvalue weighted by Crippen LogP contribution is 2.80. The molecular formula is C22H26. The largest absolute Gasteiger partial charge is 0.0848 e. The Morgan fingerprint density at radius 1 is 0.364 bits per heavy atom. The van der Waals surface area contributed by atoms with Gasteiger partial charge in [-0.2, -0.15) is 0 Å². The zero-order chi connectivity index (χ0) is 13.7. The zero-order valence-electron chi connectivity index (χ0n) is 13.2. The quantitative estimate of drug-likeness (QED) is 0.458. The van der Waals surface area contributed by atoms with Crippen LogP contribution >= 0.6 is 0 Å². The van der Waals surface area contributed by atoms with E-state index in [9.17, 15) is 0 Å². The van der Waals surface area contributed by atoms with Crippen LogP contribution in [0.3, 0.4) is 0 Å². The molecule has 0 spiro atoms. The molecule has 0 saturated heterocycles. The van der Waals surface area contributed by atoms with Crippen LogP contribution in [0.4, 0.5) is 0 Å². The van der Waals surface area contributed by atoms with Crippen molar-refractivity contribution in [3.05, 3.63) is 24.3 Å². The lowest BCUT2D eigenvalue weighted by molar-refractivity contribution is -0.00263. The zero-order valence-corrected chi connectivity index (χ0v) is 13.2. The van der Waals surface area contributed by atoms with E-state index in [4.69, 9.17) is 0 Å². The summed E-state index contributed by atoms with van der Waals surface area (Å²) in [5.41, 5.74) is 0. The number of hydrogen-bond acceptors (Lipinski definition) is 0. The summed E-state index contributed by atoms with van der Waals surface area (Å²) in [7, 11) is 0. The van der Waals surface area contributed by atoms with Gasteiger partial charge >= 0.3 is 0 Å². The second-order valence-corrected chi connectivity index (χ2v) is 10.5. The van der Waals surface area contributed by atoms with Crippen molar-refractivity contribution in [3.8, 4) is 0 Å². The van der Waals surface area contributed by atoms with Gasteiger partial charge in [0.15, 0.2) is 0 Å². The molecule has 6 fully saturated rings. The van der Waals surface area contributed by atoms with Gasteiger partial charge in [0.1, 0.15) is 0 Å². The van der Waals surface area contributed by atoms with Gasteiger partial charge in [-0.25, -0.2) is 0 Å². The average Bonchev–Trinajstić information content (AvgIpc) is 3.40. The van der Waals surface area contributed by atoms with Crippen molar-refractivity contribution in [2.45, 2.75) is 25.7 Å². The fourth-order valence-electron chi connectivity index (χ4n) is 10.9. The molecule has 0 aromatic carbocycles. The van der Waals surface area contributed by atoms with Crippen molar-refractivity contribution in [3.63, 3.8) is 0 Å². The maximum Gasteiger partial charge on any atom is -0.0194 e. The average molecular weight is 290 g/mol. The van der Waals surface area contributed by atoms with Gasteiger partial charge in [0.05, 0.1) is 0 Å². The maximum atomic E-state index is 2.64. The van der Waals surface area contributed by atoms with Crippen LogP contribution in [0.1, 0.15) is 25.7 Å². The van der Waals surface area contributed by atoms with Crippen LogP contribution in [0.25, 0.3) is 0 Å². The van der Waals surface area contributed by atoms with E-state index in [1.54, 1.807) is 25.7 Å². The van der Waals surface area contributed by atoms with E-state index in [1.807, 2.05) is 0 Å². The Bertz CT molecular complexity index is 538. The highest BCUT2D eigenvalue weighted by Gasteiger charge is 2.74. The molecule has 0 aliphatic heterocycles. The Balaban J connectivity index is 1.26. The lowest BCUT2D eigenvalue weighted by atomic mass is 9.56. The summed E-state index contributed by atoms with van der Waals surface area (Å²) in [5.74, 6) is 15.7. The van der Waals surface area contributed by atoms with E-state index >= 15 is 0 Å². The molecule has 0 N–H and O–H groups in total. The molecule has 8 aliphatic carbocycles. The van der Waals surface area contributed by atoms with Crippen LogP contribution in [0.5, 0.6) is 0 Å². The predicted molar refractivity (Wildman–Crippen MR) is 85.6 cm³/mol. The number of fused-ring (bicyclic) bond motifs is 23. The number of rotatable bonds is 0. The first kappa shape index (κ1) is 11.1. The first-order valence-corrected chi connectivity index (χ1v) is 10.3. The van der Waals surface area contributed by atoms with Crippen LogP contribution in [0.2, 0.25) is 0 Å². The lowest BCUT2D eigenvalue weighted by Crippen LogP contribution is -2.45. The van der Waals surface area contributed by atoms with Crippen LogP contribution in [0, 0.1) is 82.9 Å². The normalized spacial score (nSPS) is 76.0. The Hall–Kier alpha value is -0.520. The summed E-state index contributed by atoms with van der Waals surface area (Å²) in [6, 6.07) is 0. The summed E-state index contributed by atoms with van der Waals surface area (Å²) in [4.78, 5) is 0. The summed E-state index contributed by atoms with van der Waals surface area (Å²) in [5, 5.41) is 0. The molecule has 114 valence electrons. The van der Waals surface area contributed by atoms with Crippen molar-refractivity contribution in [2.75, 3.05) is 0 Å². The van der Waals surface area contributed by atoms with Gasteiger partial charge < -0.3 is 0 Å². The molecule has 22 heavy (non-hydrogen) atoms. The van der Waals surface area contributed by atoms with E-state index in [1.165, 1.54) is 35.5 Å². The van der Waals surface area contributed by atoms with Crippen molar-refractivity contribution in [2.24, 2.45) is 82.9 Å². The molecule has 8 bridgehead atoms. The van der Waals surface area contributed by atoms with Gasteiger partial charge in [0.25, 0.3) is 0 Å². The molecular weight excluding hydrogens is 264 g/mol. The summed E-state index contributed by atoms with van der Waals surface area (Å²) in [6.07, 6.45) is 17.0. The Kier molecular flexibility index (Phi) is 1.60. The molecule has 12 atom stereocenters. The number of hydrogen-bond donors (Lipinski definition) is 0. The Morgan fingerprint density at radius 2 is 0.682 bits per heavy atom. The highest BCUT2D eigenvalue weighted by atomic mass is 14.8. The van der Waals surface area contributed by atoms with Crippen molar-refractivity contribution >= 4 is 0 Å². The van der Waals surface area contributed by atoms with Crippen molar-refractivity contribution < 1.29 is 0 Å². The SMILES string of the molecule is C1=CC2CC1C1C3CC(C21)C1C2CC(C4C5C=CC(C5)C24)C31. The summed E-state index contributed by atoms with van der Waals surface area (Å²) >= 11 is 0. The van der Waals surface area contributed by atoms with Crippen LogP contribution in [-0.2, 0) is 0 Å². The Morgan fingerprint density at radius 3 is 1.00 bits per heavy atom. The summed E-state index contributed by atoms with van der Waals surface area (Å²) < 4.78 is 0. The van der Waals surface area contributed by atoms with Crippen molar-refractivity contribution in [1.29, 1.82) is 0 Å². The van der Waals surface area contributed by atoms with E-state index in [0.717, 1.165) is 47.3 Å². The molecule has 0 heteroatoms. The molecule has 8 rings (SSSR count). The minimum atomic E-state index is 1.01. The number of allylic oxidation sites excluding steroid dienone is 4. The van der Waals surface area contributed by atoms with E-state index in [2.05, 4.69) is 24.3 Å².